The first kappa shape index (κ1) is 12.0. The molecule has 3 heteroatoms. The molecule has 0 aromatic rings. The van der Waals surface area contributed by atoms with Crippen LogP contribution in [-0.2, 0) is 0 Å². The fraction of sp³-hybridized carbons (Fsp3) is 1.00. The summed E-state index contributed by atoms with van der Waals surface area (Å²) in [6, 6.07) is 0. The van der Waals surface area contributed by atoms with Gasteiger partial charge in [-0.2, -0.15) is 0 Å². The summed E-state index contributed by atoms with van der Waals surface area (Å²) in [4.78, 5) is 2.47. The SMILES string of the molecule is CCCCC(CC)CN1CNCNC1. The Morgan fingerprint density at radius 1 is 1.21 bits per heavy atom. The molecule has 0 radical (unpaired) electrons. The van der Waals surface area contributed by atoms with Crippen molar-refractivity contribution in [3.63, 3.8) is 0 Å². The molecule has 0 aromatic carbocycles. The van der Waals surface area contributed by atoms with Crippen molar-refractivity contribution in [3.8, 4) is 0 Å². The summed E-state index contributed by atoms with van der Waals surface area (Å²) >= 11 is 0. The van der Waals surface area contributed by atoms with Gasteiger partial charge in [0, 0.05) is 13.2 Å². The smallest absolute Gasteiger partial charge is 0.0502 e. The molecular formula is C11H25N3. The molecule has 0 amide bonds. The molecule has 84 valence electrons. The van der Waals surface area contributed by atoms with E-state index in [2.05, 4.69) is 29.4 Å². The maximum atomic E-state index is 3.34. The van der Waals surface area contributed by atoms with E-state index < -0.39 is 0 Å². The van der Waals surface area contributed by atoms with Crippen LogP contribution in [0.3, 0.4) is 0 Å². The Bertz CT molecular complexity index is 132. The Kier molecular flexibility index (Phi) is 6.15. The van der Waals surface area contributed by atoms with E-state index in [1.54, 1.807) is 0 Å². The van der Waals surface area contributed by atoms with Gasteiger partial charge in [-0.05, 0) is 12.3 Å². The maximum absolute atomic E-state index is 3.34. The van der Waals surface area contributed by atoms with Crippen molar-refractivity contribution in [2.45, 2.75) is 39.5 Å². The van der Waals surface area contributed by atoms with E-state index >= 15 is 0 Å². The van der Waals surface area contributed by atoms with E-state index in [-0.39, 0.29) is 0 Å². The van der Waals surface area contributed by atoms with E-state index in [4.69, 9.17) is 0 Å². The molecule has 0 bridgehead atoms. The van der Waals surface area contributed by atoms with E-state index in [0.29, 0.717) is 0 Å². The third-order valence-corrected chi connectivity index (χ3v) is 2.98. The summed E-state index contributed by atoms with van der Waals surface area (Å²) in [5.41, 5.74) is 0. The number of hydrogen-bond donors (Lipinski definition) is 2. The van der Waals surface area contributed by atoms with Gasteiger partial charge in [0.2, 0.25) is 0 Å². The third kappa shape index (κ3) is 4.40. The Morgan fingerprint density at radius 2 is 1.93 bits per heavy atom. The van der Waals surface area contributed by atoms with Crippen LogP contribution in [0, 0.1) is 5.92 Å². The van der Waals surface area contributed by atoms with Gasteiger partial charge in [-0.3, -0.25) is 15.5 Å². The number of nitrogens with one attached hydrogen (secondary N) is 2. The second-order valence-corrected chi connectivity index (χ2v) is 4.26. The Hall–Kier alpha value is -0.120. The molecule has 0 aromatic heterocycles. The molecule has 14 heavy (non-hydrogen) atoms. The van der Waals surface area contributed by atoms with Crippen molar-refractivity contribution in [2.75, 3.05) is 26.6 Å². The molecule has 1 atom stereocenters. The largest absolute Gasteiger partial charge is 0.292 e. The highest BCUT2D eigenvalue weighted by molar-refractivity contribution is 4.66. The summed E-state index contributed by atoms with van der Waals surface area (Å²) in [5.74, 6) is 0.886. The number of unbranched alkanes of at least 4 members (excludes halogenated alkanes) is 1. The maximum Gasteiger partial charge on any atom is 0.0502 e. The lowest BCUT2D eigenvalue weighted by Crippen LogP contribution is -2.51. The first-order valence-electron chi connectivity index (χ1n) is 6.00. The molecule has 0 saturated carbocycles. The summed E-state index contributed by atoms with van der Waals surface area (Å²) < 4.78 is 0. The zero-order valence-corrected chi connectivity index (χ0v) is 9.68. The Morgan fingerprint density at radius 3 is 2.50 bits per heavy atom. The summed E-state index contributed by atoms with van der Waals surface area (Å²) in [6.45, 7) is 8.89. The normalized spacial score (nSPS) is 21.0. The molecule has 1 unspecified atom stereocenters. The lowest BCUT2D eigenvalue weighted by Gasteiger charge is -2.31. The van der Waals surface area contributed by atoms with Crippen molar-refractivity contribution >= 4 is 0 Å². The molecule has 0 aliphatic carbocycles. The van der Waals surface area contributed by atoms with E-state index in [0.717, 1.165) is 25.9 Å². The van der Waals surface area contributed by atoms with Crippen LogP contribution in [-0.4, -0.2) is 31.5 Å². The van der Waals surface area contributed by atoms with Gasteiger partial charge in [-0.1, -0.05) is 33.1 Å². The van der Waals surface area contributed by atoms with Crippen LogP contribution in [0.5, 0.6) is 0 Å². The predicted molar refractivity (Wildman–Crippen MR) is 60.9 cm³/mol. The van der Waals surface area contributed by atoms with Gasteiger partial charge < -0.3 is 0 Å². The molecule has 1 aliphatic rings. The van der Waals surface area contributed by atoms with Gasteiger partial charge in [0.1, 0.15) is 0 Å². The molecule has 1 aliphatic heterocycles. The fourth-order valence-corrected chi connectivity index (χ4v) is 1.98. The van der Waals surface area contributed by atoms with Crippen LogP contribution >= 0.6 is 0 Å². The lowest BCUT2D eigenvalue weighted by molar-refractivity contribution is 0.158. The van der Waals surface area contributed by atoms with E-state index in [9.17, 15) is 0 Å². The average molecular weight is 199 g/mol. The van der Waals surface area contributed by atoms with Crippen LogP contribution < -0.4 is 10.6 Å². The van der Waals surface area contributed by atoms with Gasteiger partial charge in [0.25, 0.3) is 0 Å². The van der Waals surface area contributed by atoms with E-state index in [1.807, 2.05) is 0 Å². The number of rotatable bonds is 6. The summed E-state index contributed by atoms with van der Waals surface area (Å²) in [6.07, 6.45) is 5.42. The molecule has 1 fully saturated rings. The van der Waals surface area contributed by atoms with Crippen molar-refractivity contribution in [1.29, 1.82) is 0 Å². The van der Waals surface area contributed by atoms with Crippen LogP contribution in [0.2, 0.25) is 0 Å². The molecule has 2 N–H and O–H groups in total. The minimum absolute atomic E-state index is 0.886. The topological polar surface area (TPSA) is 27.3 Å². The molecule has 1 rings (SSSR count). The lowest BCUT2D eigenvalue weighted by atomic mass is 9.99. The van der Waals surface area contributed by atoms with Crippen molar-refractivity contribution < 1.29 is 0 Å². The summed E-state index contributed by atoms with van der Waals surface area (Å²) in [5, 5.41) is 6.67. The second kappa shape index (κ2) is 7.21. The van der Waals surface area contributed by atoms with Crippen LogP contribution in [0.4, 0.5) is 0 Å². The van der Waals surface area contributed by atoms with Crippen molar-refractivity contribution in [3.05, 3.63) is 0 Å². The van der Waals surface area contributed by atoms with Gasteiger partial charge in [-0.15, -0.1) is 0 Å². The van der Waals surface area contributed by atoms with Crippen LogP contribution in [0.15, 0.2) is 0 Å². The molecule has 3 nitrogen and oxygen atoms in total. The first-order valence-corrected chi connectivity index (χ1v) is 6.00. The van der Waals surface area contributed by atoms with Gasteiger partial charge in [0.05, 0.1) is 13.3 Å². The highest BCUT2D eigenvalue weighted by Crippen LogP contribution is 2.13. The molecule has 1 heterocycles. The van der Waals surface area contributed by atoms with Gasteiger partial charge in [0.15, 0.2) is 0 Å². The highest BCUT2D eigenvalue weighted by Gasteiger charge is 2.13. The zero-order valence-electron chi connectivity index (χ0n) is 9.68. The van der Waals surface area contributed by atoms with Crippen molar-refractivity contribution in [2.24, 2.45) is 5.92 Å². The molecule has 1 saturated heterocycles. The average Bonchev–Trinajstić information content (AvgIpc) is 2.25. The minimum atomic E-state index is 0.886. The monoisotopic (exact) mass is 199 g/mol. The molecular weight excluding hydrogens is 174 g/mol. The summed E-state index contributed by atoms with van der Waals surface area (Å²) in [7, 11) is 0. The van der Waals surface area contributed by atoms with Crippen LogP contribution in [0.1, 0.15) is 39.5 Å². The van der Waals surface area contributed by atoms with E-state index in [1.165, 1.54) is 32.2 Å². The fourth-order valence-electron chi connectivity index (χ4n) is 1.98. The zero-order chi connectivity index (χ0) is 10.2. The molecule has 0 spiro atoms. The Labute approximate surface area is 88.2 Å². The Balaban J connectivity index is 2.16. The van der Waals surface area contributed by atoms with Gasteiger partial charge in [-0.25, -0.2) is 0 Å². The first-order chi connectivity index (χ1) is 6.86. The number of nitrogens with zero attached hydrogens (tertiary/aromatic N) is 1. The standard InChI is InChI=1S/C11H25N3/c1-3-5-6-11(4-2)7-14-9-12-8-13-10-14/h11-13H,3-10H2,1-2H3. The second-order valence-electron chi connectivity index (χ2n) is 4.26. The van der Waals surface area contributed by atoms with Gasteiger partial charge >= 0.3 is 0 Å². The minimum Gasteiger partial charge on any atom is -0.292 e. The predicted octanol–water partition coefficient (Wildman–Crippen LogP) is 1.57. The van der Waals surface area contributed by atoms with Crippen LogP contribution in [0.25, 0.3) is 0 Å². The van der Waals surface area contributed by atoms with Crippen molar-refractivity contribution in [1.82, 2.24) is 15.5 Å². The third-order valence-electron chi connectivity index (χ3n) is 2.98. The highest BCUT2D eigenvalue weighted by atomic mass is 15.4. The number of hydrogen-bond acceptors (Lipinski definition) is 3. The quantitative estimate of drug-likeness (QED) is 0.680.